The molecule has 0 fully saturated rings. The molecule has 0 bridgehead atoms. The van der Waals surface area contributed by atoms with Crippen molar-refractivity contribution in [3.63, 3.8) is 0 Å². The average Bonchev–Trinajstić information content (AvgIpc) is 2.59. The number of benzene rings is 1. The van der Waals surface area contributed by atoms with Gasteiger partial charge in [-0.2, -0.15) is 0 Å². The van der Waals surface area contributed by atoms with E-state index in [1.807, 2.05) is 18.5 Å². The van der Waals surface area contributed by atoms with Crippen LogP contribution in [0.4, 0.5) is 0 Å². The topological polar surface area (TPSA) is 28.7 Å². The Morgan fingerprint density at radius 1 is 1.08 bits per heavy atom. The Hall–Kier alpha value is -1.05. The van der Waals surface area contributed by atoms with E-state index in [1.54, 1.807) is 0 Å². The van der Waals surface area contributed by atoms with Gasteiger partial charge in [-0.1, -0.05) is 0 Å². The summed E-state index contributed by atoms with van der Waals surface area (Å²) in [6.07, 6.45) is 3.83. The van der Waals surface area contributed by atoms with Crippen molar-refractivity contribution in [2.24, 2.45) is 0 Å². The Balaban J connectivity index is 2.15. The molecule has 0 saturated heterocycles. The zero-order valence-corrected chi connectivity index (χ0v) is 8.11. The fourth-order valence-corrected chi connectivity index (χ4v) is 2.56. The first kappa shape index (κ1) is 7.59. The van der Waals surface area contributed by atoms with Crippen molar-refractivity contribution in [1.29, 1.82) is 0 Å². The van der Waals surface area contributed by atoms with Gasteiger partial charge in [0.1, 0.15) is 0 Å². The van der Waals surface area contributed by atoms with Crippen LogP contribution >= 0.6 is 0 Å². The quantitative estimate of drug-likeness (QED) is 0.717. The van der Waals surface area contributed by atoms with Gasteiger partial charge < -0.3 is 0 Å². The van der Waals surface area contributed by atoms with Crippen LogP contribution in [0.3, 0.4) is 0 Å². The van der Waals surface area contributed by atoms with Crippen molar-refractivity contribution in [2.45, 2.75) is 0 Å². The van der Waals surface area contributed by atoms with Crippen LogP contribution in [-0.4, -0.2) is 25.2 Å². The second-order valence-corrected chi connectivity index (χ2v) is 4.76. The summed E-state index contributed by atoms with van der Waals surface area (Å²) in [7, 11) is 0. The SMILES string of the molecule is c1ccc([Se]c2cn[nH]c2)cc1. The van der Waals surface area contributed by atoms with E-state index in [2.05, 4.69) is 34.5 Å². The monoisotopic (exact) mass is 224 g/mol. The van der Waals surface area contributed by atoms with Gasteiger partial charge in [0.25, 0.3) is 0 Å². The summed E-state index contributed by atoms with van der Waals surface area (Å²) in [6.45, 7) is 0. The van der Waals surface area contributed by atoms with Crippen molar-refractivity contribution in [3.8, 4) is 0 Å². The van der Waals surface area contributed by atoms with E-state index in [4.69, 9.17) is 0 Å². The molecule has 2 aromatic rings. The van der Waals surface area contributed by atoms with Gasteiger partial charge in [0, 0.05) is 0 Å². The van der Waals surface area contributed by atoms with E-state index < -0.39 is 0 Å². The van der Waals surface area contributed by atoms with Crippen molar-refractivity contribution in [1.82, 2.24) is 10.2 Å². The van der Waals surface area contributed by atoms with E-state index in [9.17, 15) is 0 Å². The molecule has 0 saturated carbocycles. The molecule has 0 amide bonds. The van der Waals surface area contributed by atoms with Crippen LogP contribution < -0.4 is 8.92 Å². The summed E-state index contributed by atoms with van der Waals surface area (Å²) in [5.74, 6) is 0. The predicted octanol–water partition coefficient (Wildman–Crippen LogP) is 0.0647. The average molecular weight is 223 g/mol. The van der Waals surface area contributed by atoms with Gasteiger partial charge in [-0.3, -0.25) is 0 Å². The number of aromatic nitrogens is 2. The first-order chi connectivity index (χ1) is 5.95. The van der Waals surface area contributed by atoms with Gasteiger partial charge in [0.15, 0.2) is 0 Å². The van der Waals surface area contributed by atoms with Crippen LogP contribution in [0, 0.1) is 0 Å². The van der Waals surface area contributed by atoms with Gasteiger partial charge in [0.05, 0.1) is 0 Å². The molecule has 0 atom stereocenters. The number of nitrogens with one attached hydrogen (secondary N) is 1. The Labute approximate surface area is 77.2 Å². The minimum atomic E-state index is 0.397. The molecule has 0 aliphatic heterocycles. The van der Waals surface area contributed by atoms with Crippen molar-refractivity contribution >= 4 is 23.9 Å². The summed E-state index contributed by atoms with van der Waals surface area (Å²) < 4.78 is 2.67. The molecule has 1 N–H and O–H groups in total. The van der Waals surface area contributed by atoms with Crippen LogP contribution in [0.25, 0.3) is 0 Å². The van der Waals surface area contributed by atoms with Gasteiger partial charge in [0.2, 0.25) is 0 Å². The van der Waals surface area contributed by atoms with Crippen molar-refractivity contribution in [3.05, 3.63) is 42.7 Å². The predicted molar refractivity (Wildman–Crippen MR) is 50.1 cm³/mol. The fraction of sp³-hybridized carbons (Fsp3) is 0. The maximum atomic E-state index is 3.91. The molecule has 1 aromatic carbocycles. The molecule has 60 valence electrons. The molecule has 2 nitrogen and oxygen atoms in total. The number of aromatic amines is 1. The third-order valence-electron chi connectivity index (χ3n) is 1.45. The Morgan fingerprint density at radius 2 is 1.92 bits per heavy atom. The van der Waals surface area contributed by atoms with Gasteiger partial charge in [-0.15, -0.1) is 0 Å². The van der Waals surface area contributed by atoms with Crippen LogP contribution in [0.2, 0.25) is 0 Å². The number of hydrogen-bond donors (Lipinski definition) is 1. The first-order valence-electron chi connectivity index (χ1n) is 3.67. The summed E-state index contributed by atoms with van der Waals surface area (Å²) in [5, 5.41) is 6.72. The molecule has 2 rings (SSSR count). The number of hydrogen-bond acceptors (Lipinski definition) is 1. The van der Waals surface area contributed by atoms with E-state index >= 15 is 0 Å². The zero-order valence-electron chi connectivity index (χ0n) is 6.40. The molecule has 1 aromatic heterocycles. The molecule has 0 spiro atoms. The van der Waals surface area contributed by atoms with E-state index in [-0.39, 0.29) is 0 Å². The van der Waals surface area contributed by atoms with Crippen LogP contribution in [0.15, 0.2) is 42.7 Å². The van der Waals surface area contributed by atoms with E-state index in [0.717, 1.165) is 0 Å². The molecule has 0 aliphatic carbocycles. The van der Waals surface area contributed by atoms with E-state index in [0.29, 0.717) is 15.0 Å². The third-order valence-corrected chi connectivity index (χ3v) is 3.48. The molecule has 1 heterocycles. The Kier molecular flexibility index (Phi) is 2.26. The Bertz CT molecular complexity index is 329. The van der Waals surface area contributed by atoms with Crippen LogP contribution in [-0.2, 0) is 0 Å². The summed E-state index contributed by atoms with van der Waals surface area (Å²) in [4.78, 5) is 0. The van der Waals surface area contributed by atoms with Crippen molar-refractivity contribution < 1.29 is 0 Å². The maximum absolute atomic E-state index is 3.91. The second-order valence-electron chi connectivity index (χ2n) is 2.35. The molecule has 12 heavy (non-hydrogen) atoms. The normalized spacial score (nSPS) is 10.0. The van der Waals surface area contributed by atoms with E-state index in [1.165, 1.54) is 8.92 Å². The third kappa shape index (κ3) is 1.76. The molecule has 0 radical (unpaired) electrons. The summed E-state index contributed by atoms with van der Waals surface area (Å²) >= 11 is 0.397. The molecular formula is C9H8N2Se. The van der Waals surface area contributed by atoms with Gasteiger partial charge in [-0.05, 0) is 0 Å². The van der Waals surface area contributed by atoms with Crippen molar-refractivity contribution in [2.75, 3.05) is 0 Å². The summed E-state index contributed by atoms with van der Waals surface area (Å²) in [5.41, 5.74) is 0. The fourth-order valence-electron chi connectivity index (χ4n) is 0.919. The number of H-pyrrole nitrogens is 1. The zero-order chi connectivity index (χ0) is 8.23. The molecule has 3 heteroatoms. The number of rotatable bonds is 2. The standard InChI is InChI=1S/C9H8N2Se/c1-2-4-8(5-3-1)12-9-6-10-11-7-9/h1-7H,(H,10,11). The summed E-state index contributed by atoms with van der Waals surface area (Å²) in [6, 6.07) is 10.5. The minimum absolute atomic E-state index is 0.397. The Morgan fingerprint density at radius 3 is 2.58 bits per heavy atom. The second kappa shape index (κ2) is 3.57. The molecule has 0 unspecified atom stereocenters. The van der Waals surface area contributed by atoms with Gasteiger partial charge in [-0.25, -0.2) is 0 Å². The number of nitrogens with zero attached hydrogens (tertiary/aromatic N) is 1. The molecule has 0 aliphatic rings. The first-order valence-corrected chi connectivity index (χ1v) is 5.38. The van der Waals surface area contributed by atoms with Crippen LogP contribution in [0.1, 0.15) is 0 Å². The van der Waals surface area contributed by atoms with Crippen LogP contribution in [0.5, 0.6) is 0 Å². The van der Waals surface area contributed by atoms with Gasteiger partial charge >= 0.3 is 76.8 Å². The molecular weight excluding hydrogens is 215 g/mol.